The molecule has 2 atom stereocenters. The Labute approximate surface area is 109 Å². The Balaban J connectivity index is 1.92. The first-order valence-electron chi connectivity index (χ1n) is 6.66. The summed E-state index contributed by atoms with van der Waals surface area (Å²) in [6.07, 6.45) is 0.864. The highest BCUT2D eigenvalue weighted by atomic mass is 16.6. The van der Waals surface area contributed by atoms with Gasteiger partial charge in [-0.15, -0.1) is 0 Å². The molecule has 2 heterocycles. The Morgan fingerprint density at radius 1 is 1.33 bits per heavy atom. The monoisotopic (exact) mass is 256 g/mol. The fraction of sp³-hybridized carbons (Fsp3) is 0.923. The van der Waals surface area contributed by atoms with Crippen molar-refractivity contribution in [3.8, 4) is 0 Å². The van der Waals surface area contributed by atoms with Gasteiger partial charge < -0.3 is 14.4 Å². The van der Waals surface area contributed by atoms with Crippen LogP contribution in [0.5, 0.6) is 0 Å². The molecule has 0 saturated carbocycles. The van der Waals surface area contributed by atoms with Gasteiger partial charge in [0.25, 0.3) is 0 Å². The van der Waals surface area contributed by atoms with Crippen LogP contribution >= 0.6 is 0 Å². The lowest BCUT2D eigenvalue weighted by molar-refractivity contribution is -0.0964. The molecule has 2 aliphatic rings. The average molecular weight is 256 g/mol. The van der Waals surface area contributed by atoms with Crippen molar-refractivity contribution in [2.24, 2.45) is 0 Å². The molecule has 0 aromatic carbocycles. The number of piperidine rings is 1. The third-order valence-corrected chi connectivity index (χ3v) is 3.52. The predicted octanol–water partition coefficient (Wildman–Crippen LogP) is 1.33. The largest absolute Gasteiger partial charge is 0.444 e. The highest BCUT2D eigenvalue weighted by molar-refractivity contribution is 5.68. The van der Waals surface area contributed by atoms with Gasteiger partial charge in [0.05, 0.1) is 19.3 Å². The number of amides is 1. The summed E-state index contributed by atoms with van der Waals surface area (Å²) < 4.78 is 11.2. The summed E-state index contributed by atoms with van der Waals surface area (Å²) in [5, 5.41) is 0. The van der Waals surface area contributed by atoms with E-state index in [0.29, 0.717) is 12.6 Å². The molecule has 2 saturated heterocycles. The van der Waals surface area contributed by atoms with Gasteiger partial charge in [-0.3, -0.25) is 4.90 Å². The fourth-order valence-electron chi connectivity index (χ4n) is 2.58. The minimum atomic E-state index is -0.432. The summed E-state index contributed by atoms with van der Waals surface area (Å²) in [6, 6.07) is 0.442. The number of ether oxygens (including phenoxy) is 2. The molecule has 5 nitrogen and oxygen atoms in total. The molecule has 104 valence electrons. The van der Waals surface area contributed by atoms with Crippen molar-refractivity contribution in [3.63, 3.8) is 0 Å². The predicted molar refractivity (Wildman–Crippen MR) is 68.6 cm³/mol. The zero-order valence-corrected chi connectivity index (χ0v) is 11.8. The van der Waals surface area contributed by atoms with Gasteiger partial charge in [0.1, 0.15) is 5.60 Å². The highest BCUT2D eigenvalue weighted by Gasteiger charge is 2.37. The molecule has 0 aromatic rings. The summed E-state index contributed by atoms with van der Waals surface area (Å²) >= 11 is 0. The van der Waals surface area contributed by atoms with E-state index in [2.05, 4.69) is 11.9 Å². The molecule has 2 fully saturated rings. The zero-order chi connectivity index (χ0) is 13.3. The molecular formula is C13H24N2O3. The molecule has 1 amide bonds. The second kappa shape index (κ2) is 5.05. The summed E-state index contributed by atoms with van der Waals surface area (Å²) in [5.74, 6) is 0. The topological polar surface area (TPSA) is 42.0 Å². The summed E-state index contributed by atoms with van der Waals surface area (Å²) in [7, 11) is 2.13. The number of carbonyl (C=O) groups is 1. The molecule has 0 aromatic heterocycles. The smallest absolute Gasteiger partial charge is 0.410 e. The van der Waals surface area contributed by atoms with Crippen molar-refractivity contribution >= 4 is 6.09 Å². The van der Waals surface area contributed by atoms with Gasteiger partial charge in [-0.25, -0.2) is 4.79 Å². The van der Waals surface area contributed by atoms with Crippen molar-refractivity contribution in [1.82, 2.24) is 9.80 Å². The third-order valence-electron chi connectivity index (χ3n) is 3.52. The van der Waals surface area contributed by atoms with Crippen LogP contribution in [0.4, 0.5) is 4.79 Å². The van der Waals surface area contributed by atoms with Crippen LogP contribution < -0.4 is 0 Å². The zero-order valence-electron chi connectivity index (χ0n) is 11.8. The molecule has 2 aliphatic heterocycles. The maximum absolute atomic E-state index is 12.0. The molecule has 0 aliphatic carbocycles. The lowest BCUT2D eigenvalue weighted by Crippen LogP contribution is -2.59. The van der Waals surface area contributed by atoms with Crippen molar-refractivity contribution in [2.45, 2.75) is 44.9 Å². The number of hydrogen-bond donors (Lipinski definition) is 0. The van der Waals surface area contributed by atoms with E-state index in [0.717, 1.165) is 26.1 Å². The van der Waals surface area contributed by atoms with E-state index in [9.17, 15) is 4.79 Å². The van der Waals surface area contributed by atoms with Crippen LogP contribution in [0.2, 0.25) is 0 Å². The summed E-state index contributed by atoms with van der Waals surface area (Å²) in [6.45, 7) is 8.80. The number of nitrogens with zero attached hydrogens (tertiary/aromatic N) is 2. The molecule has 2 rings (SSSR count). The van der Waals surface area contributed by atoms with Crippen LogP contribution in [0.1, 0.15) is 27.2 Å². The van der Waals surface area contributed by atoms with E-state index in [-0.39, 0.29) is 12.2 Å². The van der Waals surface area contributed by atoms with E-state index in [1.165, 1.54) is 0 Å². The maximum Gasteiger partial charge on any atom is 0.410 e. The van der Waals surface area contributed by atoms with E-state index < -0.39 is 5.60 Å². The highest BCUT2D eigenvalue weighted by Crippen LogP contribution is 2.23. The van der Waals surface area contributed by atoms with E-state index in [1.54, 1.807) is 4.90 Å². The number of hydrogen-bond acceptors (Lipinski definition) is 4. The summed E-state index contributed by atoms with van der Waals surface area (Å²) in [4.78, 5) is 16.1. The molecule has 0 bridgehead atoms. The van der Waals surface area contributed by atoms with Crippen LogP contribution in [0, 0.1) is 0 Å². The second-order valence-corrected chi connectivity index (χ2v) is 6.17. The van der Waals surface area contributed by atoms with E-state index in [1.807, 2.05) is 20.8 Å². The molecule has 18 heavy (non-hydrogen) atoms. The molecule has 5 heteroatoms. The van der Waals surface area contributed by atoms with Gasteiger partial charge in [-0.2, -0.15) is 0 Å². The number of morpholine rings is 1. The Morgan fingerprint density at radius 2 is 2.06 bits per heavy atom. The fourth-order valence-corrected chi connectivity index (χ4v) is 2.58. The van der Waals surface area contributed by atoms with Crippen LogP contribution in [-0.4, -0.2) is 66.9 Å². The first-order valence-corrected chi connectivity index (χ1v) is 6.66. The van der Waals surface area contributed by atoms with Crippen molar-refractivity contribution in [3.05, 3.63) is 0 Å². The molecule has 1 unspecified atom stereocenters. The minimum Gasteiger partial charge on any atom is -0.444 e. The standard InChI is InChI=1S/C13H24N2O3/c1-13(2,3)18-12(16)15-6-5-10-11(9-15)17-8-7-14(10)4/h10-11H,5-9H2,1-4H3/t10-,11?/m0/s1. The molecule has 0 N–H and O–H groups in total. The van der Waals surface area contributed by atoms with E-state index >= 15 is 0 Å². The van der Waals surface area contributed by atoms with Crippen LogP contribution in [-0.2, 0) is 9.47 Å². The Hall–Kier alpha value is -0.810. The number of rotatable bonds is 0. The van der Waals surface area contributed by atoms with E-state index in [4.69, 9.17) is 9.47 Å². The average Bonchev–Trinajstić information content (AvgIpc) is 2.26. The van der Waals surface area contributed by atoms with Gasteiger partial charge in [0.2, 0.25) is 0 Å². The number of likely N-dealkylation sites (tertiary alicyclic amines) is 1. The molecule has 0 spiro atoms. The second-order valence-electron chi connectivity index (χ2n) is 6.17. The van der Waals surface area contributed by atoms with Crippen molar-refractivity contribution in [2.75, 3.05) is 33.3 Å². The van der Waals surface area contributed by atoms with Crippen LogP contribution in [0.3, 0.4) is 0 Å². The number of carbonyl (C=O) groups excluding carboxylic acids is 1. The van der Waals surface area contributed by atoms with Gasteiger partial charge in [-0.05, 0) is 34.2 Å². The SMILES string of the molecule is CN1CCOC2CN(C(=O)OC(C)(C)C)CC[C@@H]21. The molecular weight excluding hydrogens is 232 g/mol. The first-order chi connectivity index (χ1) is 8.37. The lowest BCUT2D eigenvalue weighted by atomic mass is 9.99. The lowest BCUT2D eigenvalue weighted by Gasteiger charge is -2.45. The van der Waals surface area contributed by atoms with Gasteiger partial charge in [-0.1, -0.05) is 0 Å². The van der Waals surface area contributed by atoms with Crippen LogP contribution in [0.25, 0.3) is 0 Å². The van der Waals surface area contributed by atoms with Gasteiger partial charge in [0.15, 0.2) is 0 Å². The number of likely N-dealkylation sites (N-methyl/N-ethyl adjacent to an activating group) is 1. The third kappa shape index (κ3) is 3.14. The minimum absolute atomic E-state index is 0.130. The van der Waals surface area contributed by atoms with Crippen LogP contribution in [0.15, 0.2) is 0 Å². The first kappa shape index (κ1) is 13.6. The van der Waals surface area contributed by atoms with Gasteiger partial charge in [0, 0.05) is 19.1 Å². The number of fused-ring (bicyclic) bond motifs is 1. The maximum atomic E-state index is 12.0. The quantitative estimate of drug-likeness (QED) is 0.655. The van der Waals surface area contributed by atoms with Crippen molar-refractivity contribution in [1.29, 1.82) is 0 Å². The summed E-state index contributed by atoms with van der Waals surface area (Å²) in [5.41, 5.74) is -0.432. The Kier molecular flexibility index (Phi) is 3.82. The Bertz CT molecular complexity index is 314. The molecule has 0 radical (unpaired) electrons. The Morgan fingerprint density at radius 3 is 2.72 bits per heavy atom. The van der Waals surface area contributed by atoms with Gasteiger partial charge >= 0.3 is 6.09 Å². The normalized spacial score (nSPS) is 29.9. The van der Waals surface area contributed by atoms with Crippen molar-refractivity contribution < 1.29 is 14.3 Å².